The number of halogens is 2. The molecule has 0 saturated carbocycles. The maximum absolute atomic E-state index is 13.6. The highest BCUT2D eigenvalue weighted by Crippen LogP contribution is 2.48. The lowest BCUT2D eigenvalue weighted by atomic mass is 9.93. The van der Waals surface area contributed by atoms with Crippen LogP contribution in [0, 0.1) is 0 Å². The van der Waals surface area contributed by atoms with Gasteiger partial charge in [0.2, 0.25) is 17.7 Å². The Hall–Kier alpha value is -2.95. The van der Waals surface area contributed by atoms with Gasteiger partial charge in [0.05, 0.1) is 16.8 Å². The number of amides is 4. The molecule has 3 fully saturated rings. The molecule has 206 valence electrons. The summed E-state index contributed by atoms with van der Waals surface area (Å²) >= 11 is 13.6. The summed E-state index contributed by atoms with van der Waals surface area (Å²) in [5, 5.41) is 3.39. The number of thioether (sulfide) groups is 1. The number of benzene rings is 2. The molecular formula is C27H28Cl2N4O5S. The number of nitrogens with two attached hydrogens (primary N) is 1. The molecule has 2 unspecified atom stereocenters. The lowest BCUT2D eigenvalue weighted by molar-refractivity contribution is -0.148. The van der Waals surface area contributed by atoms with E-state index in [0.717, 1.165) is 17.7 Å². The van der Waals surface area contributed by atoms with E-state index in [0.29, 0.717) is 47.3 Å². The molecule has 2 aromatic rings. The number of fused-ring (bicyclic) bond motifs is 1. The van der Waals surface area contributed by atoms with Crippen molar-refractivity contribution in [2.45, 2.75) is 49.1 Å². The van der Waals surface area contributed by atoms with E-state index in [2.05, 4.69) is 5.32 Å². The Morgan fingerprint density at radius 1 is 1.15 bits per heavy atom. The van der Waals surface area contributed by atoms with Gasteiger partial charge in [0, 0.05) is 23.7 Å². The molecular weight excluding hydrogens is 563 g/mol. The van der Waals surface area contributed by atoms with E-state index in [1.54, 1.807) is 58.0 Å². The molecule has 1 spiro atoms. The molecule has 3 saturated heterocycles. The monoisotopic (exact) mass is 590 g/mol. The zero-order valence-electron chi connectivity index (χ0n) is 21.0. The second kappa shape index (κ2) is 11.3. The van der Waals surface area contributed by atoms with Crippen molar-refractivity contribution in [3.63, 3.8) is 0 Å². The van der Waals surface area contributed by atoms with E-state index >= 15 is 0 Å². The predicted molar refractivity (Wildman–Crippen MR) is 150 cm³/mol. The maximum Gasteiger partial charge on any atom is 0.262 e. The molecule has 0 aromatic heterocycles. The first-order valence-corrected chi connectivity index (χ1v) is 14.5. The van der Waals surface area contributed by atoms with Crippen LogP contribution in [0.25, 0.3) is 0 Å². The van der Waals surface area contributed by atoms with Crippen molar-refractivity contribution in [3.8, 4) is 5.75 Å². The number of hydrogen-bond acceptors (Lipinski definition) is 6. The third-order valence-electron chi connectivity index (χ3n) is 7.46. The number of ether oxygens (including phenoxy) is 1. The van der Waals surface area contributed by atoms with E-state index < -0.39 is 17.5 Å². The van der Waals surface area contributed by atoms with E-state index in [9.17, 15) is 19.2 Å². The van der Waals surface area contributed by atoms with Gasteiger partial charge in [-0.2, -0.15) is 0 Å². The zero-order valence-corrected chi connectivity index (χ0v) is 23.4. The summed E-state index contributed by atoms with van der Waals surface area (Å²) in [5.74, 6) is -0.0388. The van der Waals surface area contributed by atoms with Crippen molar-refractivity contribution in [1.82, 2.24) is 9.80 Å². The molecule has 0 aliphatic carbocycles. The van der Waals surface area contributed by atoms with Gasteiger partial charge in [0.15, 0.2) is 6.61 Å². The van der Waals surface area contributed by atoms with Crippen molar-refractivity contribution in [2.24, 2.45) is 5.73 Å². The Morgan fingerprint density at radius 3 is 2.64 bits per heavy atom. The van der Waals surface area contributed by atoms with Gasteiger partial charge in [-0.15, -0.1) is 11.8 Å². The highest BCUT2D eigenvalue weighted by atomic mass is 35.5. The van der Waals surface area contributed by atoms with E-state index in [1.807, 2.05) is 0 Å². The van der Waals surface area contributed by atoms with Crippen molar-refractivity contribution < 1.29 is 23.9 Å². The highest BCUT2D eigenvalue weighted by Gasteiger charge is 2.61. The van der Waals surface area contributed by atoms with Crippen molar-refractivity contribution in [1.29, 1.82) is 0 Å². The Kier molecular flexibility index (Phi) is 7.98. The van der Waals surface area contributed by atoms with Crippen LogP contribution in [0.15, 0.2) is 42.5 Å². The average Bonchev–Trinajstić information content (AvgIpc) is 3.45. The summed E-state index contributed by atoms with van der Waals surface area (Å²) in [7, 11) is 0. The van der Waals surface area contributed by atoms with Crippen molar-refractivity contribution in [2.75, 3.05) is 24.2 Å². The molecule has 0 bridgehead atoms. The molecule has 3 N–H and O–H groups in total. The number of likely N-dealkylation sites (tertiary alicyclic amines) is 1. The summed E-state index contributed by atoms with van der Waals surface area (Å²) in [6, 6.07) is 11.1. The number of carbonyl (C=O) groups is 4. The summed E-state index contributed by atoms with van der Waals surface area (Å²) < 4.78 is 5.46. The maximum atomic E-state index is 13.6. The largest absolute Gasteiger partial charge is 0.482 e. The first-order chi connectivity index (χ1) is 18.7. The van der Waals surface area contributed by atoms with Crippen LogP contribution in [-0.2, 0) is 25.6 Å². The van der Waals surface area contributed by atoms with Crippen LogP contribution in [0.4, 0.5) is 5.69 Å². The number of nitrogens with one attached hydrogen (secondary N) is 1. The van der Waals surface area contributed by atoms with Crippen LogP contribution in [0.2, 0.25) is 10.0 Å². The molecule has 0 radical (unpaired) electrons. The number of nitrogens with zero attached hydrogens (tertiary/aromatic N) is 2. The number of carbonyl (C=O) groups excluding carboxylic acids is 4. The van der Waals surface area contributed by atoms with Gasteiger partial charge in [0.25, 0.3) is 5.91 Å². The third-order valence-corrected chi connectivity index (χ3v) is 9.24. The average molecular weight is 592 g/mol. The molecule has 5 rings (SSSR count). The third kappa shape index (κ3) is 5.55. The van der Waals surface area contributed by atoms with Crippen LogP contribution in [0.1, 0.15) is 31.2 Å². The number of anilines is 1. The number of rotatable bonds is 7. The van der Waals surface area contributed by atoms with Crippen LogP contribution < -0.4 is 15.8 Å². The minimum absolute atomic E-state index is 0.124. The second-order valence-electron chi connectivity index (χ2n) is 9.91. The molecule has 2 aromatic carbocycles. The fourth-order valence-electron chi connectivity index (χ4n) is 5.65. The van der Waals surface area contributed by atoms with Gasteiger partial charge in [-0.3, -0.25) is 19.2 Å². The normalized spacial score (nSPS) is 24.1. The summed E-state index contributed by atoms with van der Waals surface area (Å²) in [4.78, 5) is 54.7. The first kappa shape index (κ1) is 27.6. The summed E-state index contributed by atoms with van der Waals surface area (Å²) in [5.41, 5.74) is 6.00. The van der Waals surface area contributed by atoms with E-state index in [-0.39, 0.29) is 36.1 Å². The van der Waals surface area contributed by atoms with Gasteiger partial charge < -0.3 is 25.6 Å². The molecule has 9 nitrogen and oxygen atoms in total. The molecule has 12 heteroatoms. The zero-order chi connectivity index (χ0) is 27.7. The van der Waals surface area contributed by atoms with E-state index in [1.165, 1.54) is 6.07 Å². The highest BCUT2D eigenvalue weighted by molar-refractivity contribution is 7.99. The summed E-state index contributed by atoms with van der Waals surface area (Å²) in [6.45, 7) is 0.266. The van der Waals surface area contributed by atoms with Crippen LogP contribution in [-0.4, -0.2) is 69.3 Å². The Labute approximate surface area is 240 Å². The van der Waals surface area contributed by atoms with Gasteiger partial charge in [-0.05, 0) is 60.9 Å². The standard InChI is InChI=1S/C27H28Cl2N4O5S/c28-17-4-7-21(19(29)13-17)38-15-22(34)31-18-5-2-16(3-6-18)12-23(35)32-10-1-9-27(32)14-24-33(26(27)37)20(25(30)36)8-11-39-24/h2-7,13,20,24H,1,8-12,14-15H2,(H2,30,36)(H,31,34)/t20-,24?,27?/m1/s1. The number of hydrogen-bond donors (Lipinski definition) is 2. The van der Waals surface area contributed by atoms with Crippen LogP contribution in [0.3, 0.4) is 0 Å². The minimum atomic E-state index is -0.909. The number of primary amides is 1. The van der Waals surface area contributed by atoms with Crippen molar-refractivity contribution in [3.05, 3.63) is 58.1 Å². The second-order valence-corrected chi connectivity index (χ2v) is 12.0. The lowest BCUT2D eigenvalue weighted by Crippen LogP contribution is -2.57. The topological polar surface area (TPSA) is 122 Å². The first-order valence-electron chi connectivity index (χ1n) is 12.7. The Balaban J connectivity index is 1.19. The molecule has 3 heterocycles. The van der Waals surface area contributed by atoms with E-state index in [4.69, 9.17) is 33.7 Å². The van der Waals surface area contributed by atoms with Crippen LogP contribution in [0.5, 0.6) is 5.75 Å². The Morgan fingerprint density at radius 2 is 1.92 bits per heavy atom. The lowest BCUT2D eigenvalue weighted by Gasteiger charge is -2.36. The Bertz CT molecular complexity index is 1310. The molecule has 39 heavy (non-hydrogen) atoms. The van der Waals surface area contributed by atoms with Gasteiger partial charge in [0.1, 0.15) is 17.3 Å². The summed E-state index contributed by atoms with van der Waals surface area (Å²) in [6.07, 6.45) is 2.50. The smallest absolute Gasteiger partial charge is 0.262 e. The van der Waals surface area contributed by atoms with Crippen molar-refractivity contribution >= 4 is 64.3 Å². The molecule has 3 aliphatic heterocycles. The van der Waals surface area contributed by atoms with Gasteiger partial charge in [-0.25, -0.2) is 0 Å². The molecule has 3 atom stereocenters. The fourth-order valence-corrected chi connectivity index (χ4v) is 7.54. The van der Waals surface area contributed by atoms with Gasteiger partial charge >= 0.3 is 0 Å². The fraction of sp³-hybridized carbons (Fsp3) is 0.407. The quantitative estimate of drug-likeness (QED) is 0.509. The van der Waals surface area contributed by atoms with Crippen LogP contribution >= 0.6 is 35.0 Å². The minimum Gasteiger partial charge on any atom is -0.482 e. The molecule has 3 aliphatic rings. The van der Waals surface area contributed by atoms with Gasteiger partial charge in [-0.1, -0.05) is 35.3 Å². The SMILES string of the molecule is NC(=O)[C@H]1CCSC2CC3(CCCN3C(=O)Cc3ccc(NC(=O)COc4ccc(Cl)cc4Cl)cc3)C(=O)N21. The molecule has 4 amide bonds. The predicted octanol–water partition coefficient (Wildman–Crippen LogP) is 3.46.